The lowest BCUT2D eigenvalue weighted by atomic mass is 10.1. The Morgan fingerprint density at radius 3 is 2.78 bits per heavy atom. The van der Waals surface area contributed by atoms with Crippen molar-refractivity contribution in [2.45, 2.75) is 51.9 Å². The number of hydrogen-bond donors (Lipinski definition) is 0. The highest BCUT2D eigenvalue weighted by Gasteiger charge is 2.51. The van der Waals surface area contributed by atoms with Crippen molar-refractivity contribution in [2.24, 2.45) is 17.8 Å². The van der Waals surface area contributed by atoms with Gasteiger partial charge in [0.1, 0.15) is 0 Å². The summed E-state index contributed by atoms with van der Waals surface area (Å²) in [5.74, 6) is 2.78. The molecule has 0 amide bonds. The Hall–Kier alpha value is -0.720. The van der Waals surface area contributed by atoms with Crippen molar-refractivity contribution in [3.05, 3.63) is 23.9 Å². The van der Waals surface area contributed by atoms with Gasteiger partial charge in [-0.3, -0.25) is 0 Å². The highest BCUT2D eigenvalue weighted by Crippen LogP contribution is 2.57. The van der Waals surface area contributed by atoms with Crippen LogP contribution in [0.5, 0.6) is 0 Å². The fourth-order valence-corrected chi connectivity index (χ4v) is 3.74. The molecular weight excluding hydrogens is 218 g/mol. The van der Waals surface area contributed by atoms with E-state index in [4.69, 9.17) is 0 Å². The monoisotopic (exact) mass is 245 g/mol. The van der Waals surface area contributed by atoms with Crippen LogP contribution in [0.1, 0.15) is 51.9 Å². The van der Waals surface area contributed by atoms with E-state index in [1.165, 1.54) is 58.0 Å². The fourth-order valence-electron chi connectivity index (χ4n) is 3.74. The molecule has 1 aliphatic heterocycles. The SMILES string of the molecule is CCCCC/C=C/C1C2C=C(N3CCCC3)CC21. The maximum Gasteiger partial charge on any atom is 0.0175 e. The van der Waals surface area contributed by atoms with E-state index in [1.807, 2.05) is 0 Å². The molecule has 0 bridgehead atoms. The van der Waals surface area contributed by atoms with Crippen molar-refractivity contribution in [1.82, 2.24) is 4.90 Å². The molecule has 18 heavy (non-hydrogen) atoms. The van der Waals surface area contributed by atoms with Crippen LogP contribution in [0.15, 0.2) is 23.9 Å². The van der Waals surface area contributed by atoms with Crippen LogP contribution >= 0.6 is 0 Å². The van der Waals surface area contributed by atoms with Gasteiger partial charge in [-0.2, -0.15) is 0 Å². The van der Waals surface area contributed by atoms with Crippen molar-refractivity contribution in [3.63, 3.8) is 0 Å². The minimum absolute atomic E-state index is 0.901. The van der Waals surface area contributed by atoms with Gasteiger partial charge in [0.2, 0.25) is 0 Å². The van der Waals surface area contributed by atoms with Gasteiger partial charge < -0.3 is 4.90 Å². The van der Waals surface area contributed by atoms with E-state index in [2.05, 4.69) is 30.1 Å². The number of likely N-dealkylation sites (tertiary alicyclic amines) is 1. The quantitative estimate of drug-likeness (QED) is 0.496. The highest BCUT2D eigenvalue weighted by molar-refractivity contribution is 5.28. The maximum absolute atomic E-state index is 2.63. The molecule has 2 aliphatic carbocycles. The van der Waals surface area contributed by atoms with Gasteiger partial charge in [-0.15, -0.1) is 0 Å². The molecule has 1 heteroatoms. The van der Waals surface area contributed by atoms with Gasteiger partial charge in [0.25, 0.3) is 0 Å². The molecule has 2 fully saturated rings. The molecule has 3 aliphatic rings. The molecule has 3 atom stereocenters. The van der Waals surface area contributed by atoms with Crippen LogP contribution in [0.2, 0.25) is 0 Å². The molecule has 0 spiro atoms. The molecule has 3 rings (SSSR count). The van der Waals surface area contributed by atoms with E-state index in [0.717, 1.165) is 17.8 Å². The van der Waals surface area contributed by atoms with Gasteiger partial charge >= 0.3 is 0 Å². The smallest absolute Gasteiger partial charge is 0.0175 e. The second kappa shape index (κ2) is 5.50. The molecule has 100 valence electrons. The second-order valence-electron chi connectivity index (χ2n) is 6.30. The van der Waals surface area contributed by atoms with Crippen LogP contribution in [0.3, 0.4) is 0 Å². The van der Waals surface area contributed by atoms with E-state index in [-0.39, 0.29) is 0 Å². The van der Waals surface area contributed by atoms with Crippen molar-refractivity contribution in [1.29, 1.82) is 0 Å². The summed E-state index contributed by atoms with van der Waals surface area (Å²) in [5.41, 5.74) is 1.68. The van der Waals surface area contributed by atoms with Gasteiger partial charge in [-0.1, -0.05) is 38.0 Å². The summed E-state index contributed by atoms with van der Waals surface area (Å²) >= 11 is 0. The van der Waals surface area contributed by atoms with Gasteiger partial charge in [0.05, 0.1) is 0 Å². The summed E-state index contributed by atoms with van der Waals surface area (Å²) < 4.78 is 0. The summed E-state index contributed by atoms with van der Waals surface area (Å²) in [5, 5.41) is 0. The Kier molecular flexibility index (Phi) is 3.77. The third-order valence-corrected chi connectivity index (χ3v) is 4.97. The number of nitrogens with zero attached hydrogens (tertiary/aromatic N) is 1. The Bertz CT molecular complexity index is 336. The molecule has 1 saturated carbocycles. The first kappa shape index (κ1) is 12.3. The average Bonchev–Trinajstić information content (AvgIpc) is 2.85. The van der Waals surface area contributed by atoms with E-state index >= 15 is 0 Å². The standard InChI is InChI=1S/C17H27N/c1-2-3-4-5-6-9-15-16-12-14(13-17(15)16)18-10-7-8-11-18/h6,9,12,15-17H,2-5,7-8,10-11,13H2,1H3/b9-6+. The van der Waals surface area contributed by atoms with Gasteiger partial charge in [-0.05, 0) is 49.9 Å². The number of rotatable bonds is 6. The minimum Gasteiger partial charge on any atom is -0.375 e. The minimum atomic E-state index is 0.901. The van der Waals surface area contributed by atoms with Gasteiger partial charge in [0, 0.05) is 18.8 Å². The Labute approximate surface area is 112 Å². The molecule has 0 N–H and O–H groups in total. The van der Waals surface area contributed by atoms with Crippen LogP contribution < -0.4 is 0 Å². The van der Waals surface area contributed by atoms with E-state index in [1.54, 1.807) is 5.70 Å². The largest absolute Gasteiger partial charge is 0.375 e. The maximum atomic E-state index is 2.63. The Morgan fingerprint density at radius 1 is 1.28 bits per heavy atom. The van der Waals surface area contributed by atoms with Gasteiger partial charge in [0.15, 0.2) is 0 Å². The Balaban J connectivity index is 1.42. The summed E-state index contributed by atoms with van der Waals surface area (Å²) in [4.78, 5) is 2.63. The molecule has 1 nitrogen and oxygen atoms in total. The lowest BCUT2D eigenvalue weighted by Gasteiger charge is -2.20. The molecule has 3 unspecified atom stereocenters. The molecule has 1 saturated heterocycles. The number of fused-ring (bicyclic) bond motifs is 1. The molecule has 0 aromatic rings. The van der Waals surface area contributed by atoms with Crippen LogP contribution in [0, 0.1) is 17.8 Å². The zero-order chi connectivity index (χ0) is 12.4. The summed E-state index contributed by atoms with van der Waals surface area (Å²) in [6.45, 7) is 4.92. The number of hydrogen-bond acceptors (Lipinski definition) is 1. The first-order chi connectivity index (χ1) is 8.90. The normalized spacial score (nSPS) is 34.2. The lowest BCUT2D eigenvalue weighted by Crippen LogP contribution is -2.18. The zero-order valence-electron chi connectivity index (χ0n) is 11.8. The fraction of sp³-hybridized carbons (Fsp3) is 0.765. The van der Waals surface area contributed by atoms with Crippen LogP contribution in [0.25, 0.3) is 0 Å². The summed E-state index contributed by atoms with van der Waals surface area (Å²) in [6, 6.07) is 0. The van der Waals surface area contributed by atoms with Crippen molar-refractivity contribution in [2.75, 3.05) is 13.1 Å². The van der Waals surface area contributed by atoms with Crippen LogP contribution in [-0.2, 0) is 0 Å². The topological polar surface area (TPSA) is 3.24 Å². The predicted molar refractivity (Wildman–Crippen MR) is 77.3 cm³/mol. The molecular formula is C17H27N. The van der Waals surface area contributed by atoms with E-state index in [9.17, 15) is 0 Å². The highest BCUT2D eigenvalue weighted by atomic mass is 15.2. The second-order valence-corrected chi connectivity index (χ2v) is 6.30. The first-order valence-electron chi connectivity index (χ1n) is 8.02. The number of allylic oxidation sites excluding steroid dienone is 4. The lowest BCUT2D eigenvalue weighted by molar-refractivity contribution is 0.405. The molecule has 0 aromatic heterocycles. The predicted octanol–water partition coefficient (Wildman–Crippen LogP) is 4.37. The summed E-state index contributed by atoms with van der Waals surface area (Å²) in [7, 11) is 0. The third kappa shape index (κ3) is 2.50. The van der Waals surface area contributed by atoms with Gasteiger partial charge in [-0.25, -0.2) is 0 Å². The Morgan fingerprint density at radius 2 is 2.11 bits per heavy atom. The van der Waals surface area contributed by atoms with Crippen LogP contribution in [-0.4, -0.2) is 18.0 Å². The van der Waals surface area contributed by atoms with Crippen molar-refractivity contribution >= 4 is 0 Å². The van der Waals surface area contributed by atoms with Crippen molar-refractivity contribution < 1.29 is 0 Å². The molecule has 0 radical (unpaired) electrons. The average molecular weight is 245 g/mol. The number of unbranched alkanes of at least 4 members (excludes halogenated alkanes) is 3. The third-order valence-electron chi connectivity index (χ3n) is 4.97. The molecule has 0 aromatic carbocycles. The van der Waals surface area contributed by atoms with E-state index < -0.39 is 0 Å². The first-order valence-corrected chi connectivity index (χ1v) is 8.02. The van der Waals surface area contributed by atoms with Crippen molar-refractivity contribution in [3.8, 4) is 0 Å². The van der Waals surface area contributed by atoms with Crippen LogP contribution in [0.4, 0.5) is 0 Å². The van der Waals surface area contributed by atoms with E-state index in [0.29, 0.717) is 0 Å². The summed E-state index contributed by atoms with van der Waals surface area (Å²) in [6.07, 6.45) is 17.2. The zero-order valence-corrected chi connectivity index (χ0v) is 11.8. The molecule has 1 heterocycles.